The van der Waals surface area contributed by atoms with Gasteiger partial charge in [0.15, 0.2) is 0 Å². The number of hydrogen-bond acceptors (Lipinski definition) is 1. The van der Waals surface area contributed by atoms with Gasteiger partial charge < -0.3 is 0 Å². The molecule has 0 aliphatic rings. The number of aromatic nitrogens is 1. The van der Waals surface area contributed by atoms with E-state index in [1.54, 1.807) is 0 Å². The van der Waals surface area contributed by atoms with Gasteiger partial charge in [0.25, 0.3) is 0 Å². The monoisotopic (exact) mass is 229 g/mol. The Labute approximate surface area is 62.9 Å². The summed E-state index contributed by atoms with van der Waals surface area (Å²) in [6, 6.07) is 6.18. The van der Waals surface area contributed by atoms with Crippen molar-refractivity contribution in [2.24, 2.45) is 0 Å². The van der Waals surface area contributed by atoms with Crippen LogP contribution in [0.2, 0.25) is 9.88 Å². The molecule has 0 aliphatic heterocycles. The van der Waals surface area contributed by atoms with Crippen molar-refractivity contribution in [3.05, 3.63) is 24.4 Å². The molecule has 0 saturated heterocycles. The van der Waals surface area contributed by atoms with E-state index in [1.165, 1.54) is 3.71 Å². The van der Waals surface area contributed by atoms with Crippen LogP contribution >= 0.6 is 0 Å². The molecule has 0 N–H and O–H groups in total. The quantitative estimate of drug-likeness (QED) is 0.647. The first-order valence-electron chi connectivity index (χ1n) is 3.21. The number of hydrogen-bond donors (Lipinski definition) is 0. The molecule has 0 bridgehead atoms. The van der Waals surface area contributed by atoms with Gasteiger partial charge in [0, 0.05) is 0 Å². The van der Waals surface area contributed by atoms with Gasteiger partial charge in [-0.05, 0) is 0 Å². The Morgan fingerprint density at radius 2 is 2.11 bits per heavy atom. The van der Waals surface area contributed by atoms with Crippen LogP contribution in [0.15, 0.2) is 24.4 Å². The first-order valence-corrected chi connectivity index (χ1v) is 11.5. The van der Waals surface area contributed by atoms with Crippen LogP contribution in [-0.2, 0) is 0 Å². The molecule has 0 atom stereocenters. The van der Waals surface area contributed by atoms with Crippen LogP contribution < -0.4 is 3.71 Å². The van der Waals surface area contributed by atoms with Gasteiger partial charge in [-0.25, -0.2) is 0 Å². The first kappa shape index (κ1) is 7.06. The summed E-state index contributed by atoms with van der Waals surface area (Å²) in [4.78, 5) is 8.97. The fraction of sp³-hybridized carbons (Fsp3) is 0.286. The van der Waals surface area contributed by atoms with Crippen molar-refractivity contribution in [3.63, 3.8) is 0 Å². The molecule has 1 heterocycles. The van der Waals surface area contributed by atoms with E-state index in [9.17, 15) is 0 Å². The van der Waals surface area contributed by atoms with Crippen molar-refractivity contribution in [1.82, 2.24) is 4.98 Å². The van der Waals surface area contributed by atoms with E-state index in [0.717, 1.165) is 0 Å². The van der Waals surface area contributed by atoms with Gasteiger partial charge in [-0.3, -0.25) is 0 Å². The summed E-state index contributed by atoms with van der Waals surface area (Å²) >= 11 is -1.25. The fourth-order valence-corrected chi connectivity index (χ4v) is 3.23. The summed E-state index contributed by atoms with van der Waals surface area (Å²) in [7, 11) is 0. The molecule has 0 saturated carbocycles. The topological polar surface area (TPSA) is 12.9 Å². The zero-order valence-corrected chi connectivity index (χ0v) is 9.13. The summed E-state index contributed by atoms with van der Waals surface area (Å²) < 4.78 is 1.37. The van der Waals surface area contributed by atoms with Gasteiger partial charge in [0.05, 0.1) is 0 Å². The Bertz CT molecular complexity index is 172. The summed E-state index contributed by atoms with van der Waals surface area (Å²) in [5.74, 6) is 0. The van der Waals surface area contributed by atoms with E-state index in [-0.39, 0.29) is 0 Å². The van der Waals surface area contributed by atoms with Crippen LogP contribution in [-0.4, -0.2) is 24.7 Å². The van der Waals surface area contributed by atoms with Gasteiger partial charge in [-0.15, -0.1) is 0 Å². The van der Waals surface area contributed by atoms with Crippen molar-refractivity contribution >= 4 is 23.5 Å². The molecule has 9 heavy (non-hydrogen) atoms. The predicted molar refractivity (Wildman–Crippen MR) is 42.7 cm³/mol. The van der Waals surface area contributed by atoms with E-state index in [1.807, 2.05) is 12.3 Å². The fourth-order valence-electron chi connectivity index (χ4n) is 0.717. The minimum absolute atomic E-state index is 1.25. The van der Waals surface area contributed by atoms with Crippen LogP contribution in [0, 0.1) is 0 Å². The maximum atomic E-state index is 4.27. The average molecular weight is 228 g/mol. The Balaban J connectivity index is 2.85. The van der Waals surface area contributed by atoms with E-state index in [4.69, 9.17) is 0 Å². The van der Waals surface area contributed by atoms with Gasteiger partial charge in [-0.2, -0.15) is 0 Å². The number of nitrogens with zero attached hydrogens (tertiary/aromatic N) is 1. The van der Waals surface area contributed by atoms with Gasteiger partial charge in [0.2, 0.25) is 0 Å². The molecule has 0 fully saturated rings. The SMILES string of the molecule is [CH3][SnH]([CH3])[c]1ccccn1. The van der Waals surface area contributed by atoms with E-state index < -0.39 is 19.8 Å². The molecule has 48 valence electrons. The molecule has 2 heteroatoms. The zero-order valence-electron chi connectivity index (χ0n) is 5.83. The van der Waals surface area contributed by atoms with Crippen LogP contribution in [0.3, 0.4) is 0 Å². The Morgan fingerprint density at radius 3 is 2.44 bits per heavy atom. The summed E-state index contributed by atoms with van der Waals surface area (Å²) in [6.07, 6.45) is 1.88. The van der Waals surface area contributed by atoms with Crippen molar-refractivity contribution in [2.45, 2.75) is 9.88 Å². The molecule has 1 nitrogen and oxygen atoms in total. The number of rotatable bonds is 1. The van der Waals surface area contributed by atoms with Crippen LogP contribution in [0.1, 0.15) is 0 Å². The molecule has 1 aromatic rings. The molecular formula is C7H11NSn. The van der Waals surface area contributed by atoms with Gasteiger partial charge in [-0.1, -0.05) is 0 Å². The number of pyridine rings is 1. The molecular weight excluding hydrogens is 217 g/mol. The predicted octanol–water partition coefficient (Wildman–Crippen LogP) is 0.775. The van der Waals surface area contributed by atoms with E-state index in [2.05, 4.69) is 27.0 Å². The van der Waals surface area contributed by atoms with Crippen molar-refractivity contribution in [1.29, 1.82) is 0 Å². The maximum absolute atomic E-state index is 4.27. The van der Waals surface area contributed by atoms with Crippen LogP contribution in [0.4, 0.5) is 0 Å². The summed E-state index contributed by atoms with van der Waals surface area (Å²) in [5, 5.41) is 0. The Hall–Kier alpha value is -0.0513. The van der Waals surface area contributed by atoms with Crippen LogP contribution in [0.5, 0.6) is 0 Å². The second kappa shape index (κ2) is 3.20. The minimum atomic E-state index is -1.25. The second-order valence-corrected chi connectivity index (χ2v) is 10.7. The average Bonchev–Trinajstić information content (AvgIpc) is 1.90. The third-order valence-corrected chi connectivity index (χ3v) is 5.63. The standard InChI is InChI=1S/C5H4N.2CH3.Sn.H/c1-2-4-6-5-3-1;;;;/h1-4H;2*1H3;;. The first-order chi connectivity index (χ1) is 4.30. The zero-order chi connectivity index (χ0) is 6.69. The molecule has 0 aliphatic carbocycles. The summed E-state index contributed by atoms with van der Waals surface area (Å²) in [5.41, 5.74) is 0. The van der Waals surface area contributed by atoms with Crippen molar-refractivity contribution in [3.8, 4) is 0 Å². The van der Waals surface area contributed by atoms with E-state index in [0.29, 0.717) is 0 Å². The molecule has 0 radical (unpaired) electrons. The van der Waals surface area contributed by atoms with Gasteiger partial charge in [0.1, 0.15) is 0 Å². The third-order valence-electron chi connectivity index (χ3n) is 1.28. The molecule has 0 unspecified atom stereocenters. The van der Waals surface area contributed by atoms with Crippen molar-refractivity contribution in [2.75, 3.05) is 0 Å². The summed E-state index contributed by atoms with van der Waals surface area (Å²) in [6.45, 7) is 0. The van der Waals surface area contributed by atoms with E-state index >= 15 is 0 Å². The second-order valence-electron chi connectivity index (χ2n) is 2.41. The van der Waals surface area contributed by atoms with Gasteiger partial charge >= 0.3 is 62.7 Å². The Kier molecular flexibility index (Phi) is 2.51. The Morgan fingerprint density at radius 1 is 1.33 bits per heavy atom. The third kappa shape index (κ3) is 1.97. The molecule has 1 rings (SSSR count). The molecule has 0 spiro atoms. The molecule has 1 aromatic heterocycles. The molecule has 0 amide bonds. The normalized spacial score (nSPS) is 10.1. The van der Waals surface area contributed by atoms with Crippen molar-refractivity contribution < 1.29 is 0 Å². The molecule has 0 aromatic carbocycles. The van der Waals surface area contributed by atoms with Crippen LogP contribution in [0.25, 0.3) is 0 Å².